The van der Waals surface area contributed by atoms with Gasteiger partial charge in [0.15, 0.2) is 0 Å². The summed E-state index contributed by atoms with van der Waals surface area (Å²) in [4.78, 5) is 4.47. The molecule has 0 aliphatic carbocycles. The number of rotatable bonds is 5. The quantitative estimate of drug-likeness (QED) is 0.791. The number of aryl methyl sites for hydroxylation is 1. The average Bonchev–Trinajstić information content (AvgIpc) is 2.72. The summed E-state index contributed by atoms with van der Waals surface area (Å²) in [7, 11) is 0.800. The van der Waals surface area contributed by atoms with E-state index in [1.807, 2.05) is 22.8 Å². The Morgan fingerprint density at radius 2 is 2.28 bits per heavy atom. The molecule has 1 aromatic heterocycles. The van der Waals surface area contributed by atoms with E-state index in [-0.39, 0.29) is 0 Å². The van der Waals surface area contributed by atoms with Crippen LogP contribution in [0.25, 0.3) is 11.0 Å². The van der Waals surface area contributed by atoms with Gasteiger partial charge in [0.25, 0.3) is 0 Å². The maximum Gasteiger partial charge on any atom is 0.124 e. The highest BCUT2D eigenvalue weighted by atomic mass is 35.5. The van der Waals surface area contributed by atoms with Crippen molar-refractivity contribution in [2.45, 2.75) is 12.4 Å². The second kappa shape index (κ2) is 5.71. The van der Waals surface area contributed by atoms with Gasteiger partial charge in [-0.1, -0.05) is 0 Å². The van der Waals surface area contributed by atoms with Gasteiger partial charge in [-0.25, -0.2) is 4.98 Å². The van der Waals surface area contributed by atoms with Gasteiger partial charge in [-0.15, -0.1) is 11.6 Å². The topological polar surface area (TPSA) is 44.1 Å². The number of hydrogen-bond acceptors (Lipinski definition) is 3. The van der Waals surface area contributed by atoms with Crippen LogP contribution in [0, 0.1) is 0 Å². The van der Waals surface area contributed by atoms with Crippen LogP contribution in [0.4, 0.5) is 0 Å². The first-order valence-electron chi connectivity index (χ1n) is 5.55. The van der Waals surface area contributed by atoms with Crippen molar-refractivity contribution in [1.82, 2.24) is 9.55 Å². The first-order valence-corrected chi connectivity index (χ1v) is 7.81. The van der Waals surface area contributed by atoms with Crippen molar-refractivity contribution < 1.29 is 8.95 Å². The highest BCUT2D eigenvalue weighted by Crippen LogP contribution is 2.22. The highest BCUT2D eigenvalue weighted by Gasteiger charge is 2.10. The van der Waals surface area contributed by atoms with Crippen LogP contribution in [0.5, 0.6) is 5.75 Å². The van der Waals surface area contributed by atoms with E-state index in [2.05, 4.69) is 4.98 Å². The molecule has 0 radical (unpaired) electrons. The number of imidazole rings is 1. The van der Waals surface area contributed by atoms with E-state index in [4.69, 9.17) is 16.3 Å². The van der Waals surface area contributed by atoms with Crippen LogP contribution in [0.3, 0.4) is 0 Å². The van der Waals surface area contributed by atoms with Crippen LogP contribution in [-0.2, 0) is 23.2 Å². The van der Waals surface area contributed by atoms with Gasteiger partial charge in [-0.3, -0.25) is 4.21 Å². The summed E-state index contributed by atoms with van der Waals surface area (Å²) >= 11 is 5.90. The van der Waals surface area contributed by atoms with Crippen LogP contribution in [0.15, 0.2) is 18.2 Å². The van der Waals surface area contributed by atoms with E-state index < -0.39 is 10.8 Å². The van der Waals surface area contributed by atoms with Crippen LogP contribution in [0.1, 0.15) is 5.82 Å². The first kappa shape index (κ1) is 13.4. The van der Waals surface area contributed by atoms with E-state index >= 15 is 0 Å². The Labute approximate surface area is 113 Å². The lowest BCUT2D eigenvalue weighted by Gasteiger charge is -2.06. The summed E-state index contributed by atoms with van der Waals surface area (Å²) in [6, 6.07) is 5.72. The van der Waals surface area contributed by atoms with Crippen molar-refractivity contribution in [2.24, 2.45) is 0 Å². The number of aromatic nitrogens is 2. The lowest BCUT2D eigenvalue weighted by molar-refractivity contribution is 0.415. The first-order chi connectivity index (χ1) is 8.65. The monoisotopic (exact) mass is 286 g/mol. The summed E-state index contributed by atoms with van der Waals surface area (Å²) < 4.78 is 18.4. The van der Waals surface area contributed by atoms with Gasteiger partial charge < -0.3 is 9.30 Å². The molecule has 18 heavy (non-hydrogen) atoms. The molecule has 0 fully saturated rings. The van der Waals surface area contributed by atoms with Crippen molar-refractivity contribution in [3.8, 4) is 5.75 Å². The maximum absolute atomic E-state index is 11.2. The molecule has 2 rings (SSSR count). The zero-order valence-electron chi connectivity index (χ0n) is 10.4. The Hall–Kier alpha value is -1.07. The van der Waals surface area contributed by atoms with Crippen LogP contribution in [0.2, 0.25) is 0 Å². The second-order valence-electron chi connectivity index (χ2n) is 3.95. The number of alkyl halides is 1. The number of hydrogen-bond donors (Lipinski definition) is 0. The molecule has 4 nitrogen and oxygen atoms in total. The number of halogens is 1. The number of fused-ring (bicyclic) bond motifs is 1. The molecule has 1 aromatic carbocycles. The third kappa shape index (κ3) is 2.67. The van der Waals surface area contributed by atoms with E-state index in [0.29, 0.717) is 18.2 Å². The van der Waals surface area contributed by atoms with Crippen molar-refractivity contribution in [2.75, 3.05) is 19.1 Å². The molecular formula is C12H15ClN2O2S. The maximum atomic E-state index is 11.2. The standard InChI is InChI=1S/C12H15ClN2O2S/c1-17-9-3-4-11-10(7-9)14-12(8-13)15(11)5-6-18(2)16/h3-4,7H,5-6,8H2,1-2H3. The molecule has 6 heteroatoms. The van der Waals surface area contributed by atoms with Crippen molar-refractivity contribution in [3.05, 3.63) is 24.0 Å². The van der Waals surface area contributed by atoms with Gasteiger partial charge in [0.2, 0.25) is 0 Å². The second-order valence-corrected chi connectivity index (χ2v) is 5.77. The molecule has 0 N–H and O–H groups in total. The minimum atomic E-state index is -0.826. The third-order valence-electron chi connectivity index (χ3n) is 2.76. The van der Waals surface area contributed by atoms with Gasteiger partial charge in [0, 0.05) is 35.4 Å². The van der Waals surface area contributed by atoms with Gasteiger partial charge in [-0.2, -0.15) is 0 Å². The fraction of sp³-hybridized carbons (Fsp3) is 0.417. The molecule has 0 spiro atoms. The van der Waals surface area contributed by atoms with Gasteiger partial charge in [0.05, 0.1) is 24.0 Å². The smallest absolute Gasteiger partial charge is 0.124 e. The molecule has 0 saturated carbocycles. The molecule has 98 valence electrons. The van der Waals surface area contributed by atoms with E-state index in [9.17, 15) is 4.21 Å². The molecule has 1 atom stereocenters. The predicted octanol–water partition coefficient (Wildman–Crippen LogP) is 2.16. The van der Waals surface area contributed by atoms with E-state index in [0.717, 1.165) is 22.6 Å². The summed E-state index contributed by atoms with van der Waals surface area (Å²) in [5.74, 6) is 2.51. The minimum absolute atomic E-state index is 0.341. The molecule has 0 aliphatic heterocycles. The Morgan fingerprint density at radius 3 is 2.89 bits per heavy atom. The Morgan fingerprint density at radius 1 is 1.50 bits per heavy atom. The zero-order valence-corrected chi connectivity index (χ0v) is 11.9. The SMILES string of the molecule is COc1ccc2c(c1)nc(CCl)n2CCS(C)=O. The van der Waals surface area contributed by atoms with Crippen LogP contribution in [-0.4, -0.2) is 32.9 Å². The molecule has 1 unspecified atom stereocenters. The summed E-state index contributed by atoms with van der Waals surface area (Å²) in [5, 5.41) is 0. The van der Waals surface area contributed by atoms with Gasteiger partial charge >= 0.3 is 0 Å². The molecule has 1 heterocycles. The predicted molar refractivity (Wildman–Crippen MR) is 74.8 cm³/mol. The number of ether oxygens (including phenoxy) is 1. The molecule has 0 amide bonds. The van der Waals surface area contributed by atoms with Crippen molar-refractivity contribution in [3.63, 3.8) is 0 Å². The lowest BCUT2D eigenvalue weighted by atomic mass is 10.3. The van der Waals surface area contributed by atoms with Crippen molar-refractivity contribution >= 4 is 33.4 Å². The fourth-order valence-electron chi connectivity index (χ4n) is 1.86. The number of benzene rings is 1. The average molecular weight is 287 g/mol. The summed E-state index contributed by atoms with van der Waals surface area (Å²) in [6.45, 7) is 0.661. The zero-order chi connectivity index (χ0) is 13.1. The van der Waals surface area contributed by atoms with Gasteiger partial charge in [-0.05, 0) is 12.1 Å². The molecule has 0 aliphatic rings. The lowest BCUT2D eigenvalue weighted by Crippen LogP contribution is -2.09. The number of nitrogens with zero attached hydrogens (tertiary/aromatic N) is 2. The number of methoxy groups -OCH3 is 1. The normalized spacial score (nSPS) is 12.8. The molecule has 0 saturated heterocycles. The van der Waals surface area contributed by atoms with Crippen LogP contribution >= 0.6 is 11.6 Å². The van der Waals surface area contributed by atoms with E-state index in [1.165, 1.54) is 0 Å². The molecule has 2 aromatic rings. The fourth-order valence-corrected chi connectivity index (χ4v) is 2.50. The van der Waals surface area contributed by atoms with E-state index in [1.54, 1.807) is 13.4 Å². The molecular weight excluding hydrogens is 272 g/mol. The largest absolute Gasteiger partial charge is 0.497 e. The van der Waals surface area contributed by atoms with Gasteiger partial charge in [0.1, 0.15) is 11.6 Å². The Kier molecular flexibility index (Phi) is 4.24. The Balaban J connectivity index is 2.45. The van der Waals surface area contributed by atoms with Crippen molar-refractivity contribution in [1.29, 1.82) is 0 Å². The third-order valence-corrected chi connectivity index (χ3v) is 3.75. The summed E-state index contributed by atoms with van der Waals surface area (Å²) in [5.41, 5.74) is 1.85. The summed E-state index contributed by atoms with van der Waals surface area (Å²) in [6.07, 6.45) is 1.70. The highest BCUT2D eigenvalue weighted by molar-refractivity contribution is 7.84. The Bertz CT molecular complexity index is 583. The molecule has 0 bridgehead atoms. The van der Waals surface area contributed by atoms with Crippen LogP contribution < -0.4 is 4.74 Å². The minimum Gasteiger partial charge on any atom is -0.497 e.